The van der Waals surface area contributed by atoms with Crippen molar-refractivity contribution in [2.24, 2.45) is 0 Å². The van der Waals surface area contributed by atoms with Gasteiger partial charge in [0, 0.05) is 18.0 Å². The summed E-state index contributed by atoms with van der Waals surface area (Å²) < 4.78 is 38.0. The van der Waals surface area contributed by atoms with Crippen LogP contribution in [0.3, 0.4) is 0 Å². The lowest BCUT2D eigenvalue weighted by atomic mass is 9.97. The number of hydrogen-bond acceptors (Lipinski definition) is 1. The van der Waals surface area contributed by atoms with Crippen LogP contribution in [0.5, 0.6) is 0 Å². The molecule has 0 saturated carbocycles. The number of aromatic amines is 1. The third-order valence-electron chi connectivity index (χ3n) is 2.72. The van der Waals surface area contributed by atoms with E-state index in [0.717, 1.165) is 12.1 Å². The molecule has 1 heterocycles. The van der Waals surface area contributed by atoms with E-state index in [2.05, 4.69) is 4.98 Å². The molecule has 2 aromatic rings. The highest BCUT2D eigenvalue weighted by Crippen LogP contribution is 2.34. The first-order chi connectivity index (χ1) is 8.43. The first kappa shape index (κ1) is 12.2. The molecule has 0 bridgehead atoms. The average molecular weight is 250 g/mol. The molecule has 18 heavy (non-hydrogen) atoms. The molecule has 2 rings (SSSR count). The van der Waals surface area contributed by atoms with Crippen molar-refractivity contribution in [3.8, 4) is 17.2 Å². The molecule has 0 amide bonds. The maximum Gasteiger partial charge on any atom is 0.416 e. The minimum absolute atomic E-state index is 0.331. The van der Waals surface area contributed by atoms with Gasteiger partial charge in [0.15, 0.2) is 0 Å². The zero-order valence-corrected chi connectivity index (χ0v) is 9.47. The van der Waals surface area contributed by atoms with E-state index in [1.165, 1.54) is 18.5 Å². The summed E-state index contributed by atoms with van der Waals surface area (Å²) in [6, 6.07) is 5.46. The van der Waals surface area contributed by atoms with Crippen molar-refractivity contribution in [2.45, 2.75) is 13.1 Å². The van der Waals surface area contributed by atoms with Crippen LogP contribution in [-0.4, -0.2) is 4.98 Å². The second-order valence-corrected chi connectivity index (χ2v) is 3.92. The van der Waals surface area contributed by atoms with Crippen molar-refractivity contribution in [3.05, 3.63) is 47.3 Å². The Hall–Kier alpha value is -2.22. The van der Waals surface area contributed by atoms with E-state index in [0.29, 0.717) is 22.3 Å². The summed E-state index contributed by atoms with van der Waals surface area (Å²) in [5.74, 6) is 0. The molecule has 92 valence electrons. The van der Waals surface area contributed by atoms with E-state index in [4.69, 9.17) is 5.26 Å². The SMILES string of the molecule is Cc1ccc(C(F)(F)F)cc1-c1c[nH]cc1C#N. The summed E-state index contributed by atoms with van der Waals surface area (Å²) in [5.41, 5.74) is 1.22. The summed E-state index contributed by atoms with van der Waals surface area (Å²) in [5, 5.41) is 8.90. The number of benzene rings is 1. The number of rotatable bonds is 1. The molecule has 2 nitrogen and oxygen atoms in total. The standard InChI is InChI=1S/C13H9F3N2/c1-8-2-3-10(13(14,15)16)4-11(8)12-7-18-6-9(12)5-17/h2-4,6-7,18H,1H3. The number of nitrogens with zero attached hydrogens (tertiary/aromatic N) is 1. The second kappa shape index (κ2) is 4.22. The maximum absolute atomic E-state index is 12.7. The zero-order chi connectivity index (χ0) is 13.3. The predicted octanol–water partition coefficient (Wildman–Crippen LogP) is 3.88. The normalized spacial score (nSPS) is 11.3. The predicted molar refractivity (Wildman–Crippen MR) is 60.7 cm³/mol. The molecular formula is C13H9F3N2. The summed E-state index contributed by atoms with van der Waals surface area (Å²) in [6.45, 7) is 1.71. The molecule has 0 radical (unpaired) electrons. The molecule has 0 spiro atoms. The number of aromatic nitrogens is 1. The van der Waals surface area contributed by atoms with Crippen molar-refractivity contribution in [2.75, 3.05) is 0 Å². The van der Waals surface area contributed by atoms with Crippen LogP contribution >= 0.6 is 0 Å². The molecule has 0 unspecified atom stereocenters. The topological polar surface area (TPSA) is 39.6 Å². The first-order valence-electron chi connectivity index (χ1n) is 5.18. The molecule has 5 heteroatoms. The van der Waals surface area contributed by atoms with Crippen LogP contribution in [0.15, 0.2) is 30.6 Å². The zero-order valence-electron chi connectivity index (χ0n) is 9.47. The van der Waals surface area contributed by atoms with Crippen LogP contribution in [0.25, 0.3) is 11.1 Å². The van der Waals surface area contributed by atoms with Gasteiger partial charge in [-0.05, 0) is 30.2 Å². The first-order valence-corrected chi connectivity index (χ1v) is 5.18. The van der Waals surface area contributed by atoms with Crippen LogP contribution in [0.2, 0.25) is 0 Å². The Kier molecular flexibility index (Phi) is 2.87. The Morgan fingerprint density at radius 3 is 2.50 bits per heavy atom. The van der Waals surface area contributed by atoms with Crippen molar-refractivity contribution in [3.63, 3.8) is 0 Å². The molecule has 0 atom stereocenters. The van der Waals surface area contributed by atoms with Crippen LogP contribution in [0.4, 0.5) is 13.2 Å². The van der Waals surface area contributed by atoms with E-state index in [9.17, 15) is 13.2 Å². The molecule has 1 aromatic carbocycles. The molecule has 0 aliphatic heterocycles. The maximum atomic E-state index is 12.7. The van der Waals surface area contributed by atoms with Crippen molar-refractivity contribution in [1.82, 2.24) is 4.98 Å². The summed E-state index contributed by atoms with van der Waals surface area (Å²) in [7, 11) is 0. The van der Waals surface area contributed by atoms with Gasteiger partial charge >= 0.3 is 6.18 Å². The van der Waals surface area contributed by atoms with Gasteiger partial charge in [0.1, 0.15) is 6.07 Å². The second-order valence-electron chi connectivity index (χ2n) is 3.92. The van der Waals surface area contributed by atoms with Crippen molar-refractivity contribution < 1.29 is 13.2 Å². The number of aryl methyl sites for hydroxylation is 1. The van der Waals surface area contributed by atoms with Crippen LogP contribution < -0.4 is 0 Å². The van der Waals surface area contributed by atoms with Crippen LogP contribution in [0, 0.1) is 18.3 Å². The van der Waals surface area contributed by atoms with E-state index in [1.54, 1.807) is 6.92 Å². The lowest BCUT2D eigenvalue weighted by Crippen LogP contribution is -2.05. The molecule has 0 saturated heterocycles. The molecule has 0 aliphatic rings. The minimum Gasteiger partial charge on any atom is -0.366 e. The number of halogens is 3. The molecular weight excluding hydrogens is 241 g/mol. The van der Waals surface area contributed by atoms with E-state index in [1.807, 2.05) is 6.07 Å². The van der Waals surface area contributed by atoms with Gasteiger partial charge in [-0.2, -0.15) is 18.4 Å². The van der Waals surface area contributed by atoms with Crippen molar-refractivity contribution >= 4 is 0 Å². The van der Waals surface area contributed by atoms with Gasteiger partial charge in [0.05, 0.1) is 11.1 Å². The van der Waals surface area contributed by atoms with Gasteiger partial charge in [-0.25, -0.2) is 0 Å². The number of H-pyrrole nitrogens is 1. The van der Waals surface area contributed by atoms with Crippen molar-refractivity contribution in [1.29, 1.82) is 5.26 Å². The molecule has 1 N–H and O–H groups in total. The number of nitrogens with one attached hydrogen (secondary N) is 1. The van der Waals surface area contributed by atoms with E-state index < -0.39 is 11.7 Å². The Morgan fingerprint density at radius 2 is 1.89 bits per heavy atom. The Morgan fingerprint density at radius 1 is 1.17 bits per heavy atom. The molecule has 0 fully saturated rings. The Bertz CT molecular complexity index is 618. The lowest BCUT2D eigenvalue weighted by Gasteiger charge is -2.10. The highest BCUT2D eigenvalue weighted by molar-refractivity contribution is 5.73. The van der Waals surface area contributed by atoms with Crippen LogP contribution in [-0.2, 0) is 6.18 Å². The number of alkyl halides is 3. The summed E-state index contributed by atoms with van der Waals surface area (Å²) in [6.07, 6.45) is -1.39. The quantitative estimate of drug-likeness (QED) is 0.819. The van der Waals surface area contributed by atoms with E-state index in [-0.39, 0.29) is 0 Å². The Labute approximate surface area is 102 Å². The Balaban J connectivity index is 2.62. The van der Waals surface area contributed by atoms with Gasteiger partial charge in [-0.3, -0.25) is 0 Å². The molecule has 1 aromatic heterocycles. The lowest BCUT2D eigenvalue weighted by molar-refractivity contribution is -0.137. The smallest absolute Gasteiger partial charge is 0.366 e. The third kappa shape index (κ3) is 2.09. The summed E-state index contributed by atoms with van der Waals surface area (Å²) in [4.78, 5) is 2.73. The van der Waals surface area contributed by atoms with E-state index >= 15 is 0 Å². The summed E-state index contributed by atoms with van der Waals surface area (Å²) >= 11 is 0. The highest BCUT2D eigenvalue weighted by atomic mass is 19.4. The highest BCUT2D eigenvalue weighted by Gasteiger charge is 2.31. The third-order valence-corrected chi connectivity index (χ3v) is 2.72. The van der Waals surface area contributed by atoms with Gasteiger partial charge in [-0.15, -0.1) is 0 Å². The number of nitriles is 1. The largest absolute Gasteiger partial charge is 0.416 e. The number of hydrogen-bond donors (Lipinski definition) is 1. The fourth-order valence-electron chi connectivity index (χ4n) is 1.77. The van der Waals surface area contributed by atoms with Gasteiger partial charge < -0.3 is 4.98 Å². The minimum atomic E-state index is -4.38. The van der Waals surface area contributed by atoms with Gasteiger partial charge in [-0.1, -0.05) is 6.07 Å². The average Bonchev–Trinajstić information content (AvgIpc) is 2.76. The van der Waals surface area contributed by atoms with Gasteiger partial charge in [0.2, 0.25) is 0 Å². The fraction of sp³-hybridized carbons (Fsp3) is 0.154. The monoisotopic (exact) mass is 250 g/mol. The molecule has 0 aliphatic carbocycles. The van der Waals surface area contributed by atoms with Gasteiger partial charge in [0.25, 0.3) is 0 Å². The van der Waals surface area contributed by atoms with Crippen LogP contribution in [0.1, 0.15) is 16.7 Å². The fourth-order valence-corrected chi connectivity index (χ4v) is 1.77.